The number of nitrogens with one attached hydrogen (secondary N) is 2. The Bertz CT molecular complexity index is 456. The molecule has 1 aromatic heterocycles. The molecule has 0 saturated heterocycles. The van der Waals surface area contributed by atoms with Crippen molar-refractivity contribution < 1.29 is 23.8 Å². The lowest BCUT2D eigenvalue weighted by Crippen LogP contribution is -2.29. The van der Waals surface area contributed by atoms with Gasteiger partial charge in [-0.25, -0.2) is 4.79 Å². The van der Waals surface area contributed by atoms with E-state index in [0.29, 0.717) is 44.0 Å². The van der Waals surface area contributed by atoms with Gasteiger partial charge in [0.1, 0.15) is 5.76 Å². The Kier molecular flexibility index (Phi) is 6.75. The Morgan fingerprint density at radius 3 is 2.75 bits per heavy atom. The summed E-state index contributed by atoms with van der Waals surface area (Å²) in [5.74, 6) is -0.638. The lowest BCUT2D eigenvalue weighted by atomic mass is 10.2. The number of aryl methyl sites for hydroxylation is 1. The highest BCUT2D eigenvalue weighted by molar-refractivity contribution is 5.86. The summed E-state index contributed by atoms with van der Waals surface area (Å²) in [7, 11) is 1.57. The Labute approximate surface area is 117 Å². The van der Waals surface area contributed by atoms with Gasteiger partial charge in [0.25, 0.3) is 0 Å². The van der Waals surface area contributed by atoms with Crippen LogP contribution >= 0.6 is 0 Å². The standard InChI is InChI=1S/C13H20N2O5/c1-9-7-10(20-12(9)13(17)18)8-14-4-3-11(16)15-5-6-19-2/h7,14H,3-6,8H2,1-2H3,(H,15,16)(H,17,18). The van der Waals surface area contributed by atoms with Crippen LogP contribution in [0.3, 0.4) is 0 Å². The van der Waals surface area contributed by atoms with Crippen molar-refractivity contribution in [1.29, 1.82) is 0 Å². The molecule has 1 aromatic rings. The minimum Gasteiger partial charge on any atom is -0.475 e. The number of carboxylic acids is 1. The van der Waals surface area contributed by atoms with Crippen molar-refractivity contribution in [2.45, 2.75) is 19.9 Å². The first-order chi connectivity index (χ1) is 9.54. The number of amides is 1. The van der Waals surface area contributed by atoms with Gasteiger partial charge in [-0.15, -0.1) is 0 Å². The highest BCUT2D eigenvalue weighted by Gasteiger charge is 2.13. The van der Waals surface area contributed by atoms with Crippen LogP contribution in [-0.4, -0.2) is 43.8 Å². The molecule has 0 atom stereocenters. The van der Waals surface area contributed by atoms with Crippen molar-refractivity contribution in [2.24, 2.45) is 0 Å². The monoisotopic (exact) mass is 284 g/mol. The van der Waals surface area contributed by atoms with E-state index in [4.69, 9.17) is 14.3 Å². The second kappa shape index (κ2) is 8.34. The van der Waals surface area contributed by atoms with Gasteiger partial charge < -0.3 is 24.9 Å². The quantitative estimate of drug-likeness (QED) is 0.572. The first-order valence-corrected chi connectivity index (χ1v) is 6.33. The van der Waals surface area contributed by atoms with Gasteiger partial charge in [0.2, 0.25) is 11.7 Å². The number of rotatable bonds is 9. The van der Waals surface area contributed by atoms with Crippen LogP contribution in [0.15, 0.2) is 10.5 Å². The van der Waals surface area contributed by atoms with Crippen molar-refractivity contribution in [3.8, 4) is 0 Å². The van der Waals surface area contributed by atoms with E-state index >= 15 is 0 Å². The van der Waals surface area contributed by atoms with Crippen LogP contribution in [0, 0.1) is 6.92 Å². The average Bonchev–Trinajstić information content (AvgIpc) is 2.76. The fraction of sp³-hybridized carbons (Fsp3) is 0.538. The molecule has 0 aromatic carbocycles. The van der Waals surface area contributed by atoms with Gasteiger partial charge in [0, 0.05) is 32.2 Å². The predicted molar refractivity (Wildman–Crippen MR) is 71.6 cm³/mol. The van der Waals surface area contributed by atoms with E-state index in [1.807, 2.05) is 0 Å². The third-order valence-electron chi connectivity index (χ3n) is 2.62. The van der Waals surface area contributed by atoms with Crippen molar-refractivity contribution in [2.75, 3.05) is 26.8 Å². The molecular weight excluding hydrogens is 264 g/mol. The summed E-state index contributed by atoms with van der Waals surface area (Å²) in [6.07, 6.45) is 0.342. The van der Waals surface area contributed by atoms with E-state index < -0.39 is 5.97 Å². The van der Waals surface area contributed by atoms with Crippen molar-refractivity contribution in [3.05, 3.63) is 23.2 Å². The zero-order chi connectivity index (χ0) is 15.0. The zero-order valence-electron chi connectivity index (χ0n) is 11.7. The third-order valence-corrected chi connectivity index (χ3v) is 2.62. The van der Waals surface area contributed by atoms with E-state index in [2.05, 4.69) is 10.6 Å². The fourth-order valence-electron chi connectivity index (χ4n) is 1.64. The summed E-state index contributed by atoms with van der Waals surface area (Å²) >= 11 is 0. The molecule has 0 fully saturated rings. The molecular formula is C13H20N2O5. The van der Waals surface area contributed by atoms with Gasteiger partial charge in [-0.2, -0.15) is 0 Å². The molecule has 7 heteroatoms. The largest absolute Gasteiger partial charge is 0.475 e. The molecule has 1 rings (SSSR count). The number of aromatic carboxylic acids is 1. The van der Waals surface area contributed by atoms with Gasteiger partial charge in [-0.1, -0.05) is 0 Å². The van der Waals surface area contributed by atoms with Gasteiger partial charge in [0.15, 0.2) is 0 Å². The Hall–Kier alpha value is -1.86. The molecule has 1 amide bonds. The van der Waals surface area contributed by atoms with Crippen LogP contribution in [0.25, 0.3) is 0 Å². The molecule has 20 heavy (non-hydrogen) atoms. The van der Waals surface area contributed by atoms with E-state index in [1.54, 1.807) is 20.1 Å². The minimum absolute atomic E-state index is 0.0425. The maximum absolute atomic E-state index is 11.4. The van der Waals surface area contributed by atoms with Crippen LogP contribution in [0.4, 0.5) is 0 Å². The van der Waals surface area contributed by atoms with Crippen LogP contribution in [0.5, 0.6) is 0 Å². The number of hydrogen-bond acceptors (Lipinski definition) is 5. The molecule has 0 aliphatic carbocycles. The number of hydrogen-bond donors (Lipinski definition) is 3. The molecule has 0 aliphatic heterocycles. The summed E-state index contributed by atoms with van der Waals surface area (Å²) in [5.41, 5.74) is 0.589. The highest BCUT2D eigenvalue weighted by atomic mass is 16.5. The number of ether oxygens (including phenoxy) is 1. The normalized spacial score (nSPS) is 10.5. The Balaban J connectivity index is 2.22. The maximum Gasteiger partial charge on any atom is 0.372 e. The topological polar surface area (TPSA) is 101 Å². The van der Waals surface area contributed by atoms with Crippen LogP contribution in [-0.2, 0) is 16.1 Å². The number of methoxy groups -OCH3 is 1. The van der Waals surface area contributed by atoms with E-state index in [1.165, 1.54) is 0 Å². The minimum atomic E-state index is -1.08. The molecule has 0 saturated carbocycles. The first kappa shape index (κ1) is 16.2. The smallest absolute Gasteiger partial charge is 0.372 e. The molecule has 0 bridgehead atoms. The molecule has 7 nitrogen and oxygen atoms in total. The van der Waals surface area contributed by atoms with Crippen molar-refractivity contribution in [1.82, 2.24) is 10.6 Å². The predicted octanol–water partition coefficient (Wildman–Crippen LogP) is 0.529. The average molecular weight is 284 g/mol. The summed E-state index contributed by atoms with van der Waals surface area (Å²) in [4.78, 5) is 22.2. The second-order valence-corrected chi connectivity index (χ2v) is 4.30. The molecule has 1 heterocycles. The SMILES string of the molecule is COCCNC(=O)CCNCc1cc(C)c(C(=O)O)o1. The van der Waals surface area contributed by atoms with Crippen LogP contribution in [0.2, 0.25) is 0 Å². The first-order valence-electron chi connectivity index (χ1n) is 6.33. The molecule has 0 aliphatic rings. The summed E-state index contributed by atoms with van der Waals surface area (Å²) in [6.45, 7) is 3.54. The van der Waals surface area contributed by atoms with Gasteiger partial charge >= 0.3 is 5.97 Å². The number of furan rings is 1. The van der Waals surface area contributed by atoms with E-state index in [9.17, 15) is 9.59 Å². The summed E-state index contributed by atoms with van der Waals surface area (Å²) in [6, 6.07) is 1.68. The lowest BCUT2D eigenvalue weighted by Gasteiger charge is -2.05. The molecule has 112 valence electrons. The molecule has 0 spiro atoms. The van der Waals surface area contributed by atoms with Crippen LogP contribution < -0.4 is 10.6 Å². The molecule has 3 N–H and O–H groups in total. The van der Waals surface area contributed by atoms with Gasteiger partial charge in [-0.3, -0.25) is 4.79 Å². The third kappa shape index (κ3) is 5.41. The molecule has 0 unspecified atom stereocenters. The molecule has 0 radical (unpaired) electrons. The highest BCUT2D eigenvalue weighted by Crippen LogP contribution is 2.14. The van der Waals surface area contributed by atoms with Crippen LogP contribution in [0.1, 0.15) is 28.3 Å². The second-order valence-electron chi connectivity index (χ2n) is 4.30. The number of carboxylic acid groups (broad SMARTS) is 1. The van der Waals surface area contributed by atoms with Gasteiger partial charge in [0.05, 0.1) is 13.2 Å². The van der Waals surface area contributed by atoms with Gasteiger partial charge in [-0.05, 0) is 13.0 Å². The Morgan fingerprint density at radius 2 is 2.15 bits per heavy atom. The number of carbonyl (C=O) groups is 2. The van der Waals surface area contributed by atoms with E-state index in [-0.39, 0.29) is 11.7 Å². The fourth-order valence-corrected chi connectivity index (χ4v) is 1.64. The van der Waals surface area contributed by atoms with Crippen molar-refractivity contribution in [3.63, 3.8) is 0 Å². The van der Waals surface area contributed by atoms with Crippen molar-refractivity contribution >= 4 is 11.9 Å². The zero-order valence-corrected chi connectivity index (χ0v) is 11.7. The summed E-state index contributed by atoms with van der Waals surface area (Å²) < 4.78 is 10.0. The Morgan fingerprint density at radius 1 is 1.40 bits per heavy atom. The lowest BCUT2D eigenvalue weighted by molar-refractivity contribution is -0.121. The number of carbonyl (C=O) groups excluding carboxylic acids is 1. The summed E-state index contributed by atoms with van der Waals surface area (Å²) in [5, 5.41) is 14.6. The van der Waals surface area contributed by atoms with E-state index in [0.717, 1.165) is 0 Å². The maximum atomic E-state index is 11.4.